The zero-order chi connectivity index (χ0) is 68.3. The number of rotatable bonds is 9. The van der Waals surface area contributed by atoms with Crippen molar-refractivity contribution < 1.29 is 0 Å². The van der Waals surface area contributed by atoms with E-state index < -0.39 is 0 Å². The van der Waals surface area contributed by atoms with Gasteiger partial charge in [-0.1, -0.05) is 322 Å². The first kappa shape index (κ1) is 59.0. The first-order chi connectivity index (χ1) is 51.6. The van der Waals surface area contributed by atoms with E-state index in [2.05, 4.69) is 334 Å². The largest absolute Gasteiger partial charge is 0.208 e. The number of fused-ring (bicyclic) bond motifs is 19. The Morgan fingerprint density at radius 1 is 0.125 bits per heavy atom. The molecule has 6 nitrogen and oxygen atoms in total. The minimum Gasteiger partial charge on any atom is -0.208 e. The highest BCUT2D eigenvalue weighted by Gasteiger charge is 2.24. The summed E-state index contributed by atoms with van der Waals surface area (Å²) in [7, 11) is 0. The van der Waals surface area contributed by atoms with E-state index in [0.717, 1.165) is 104 Å². The van der Waals surface area contributed by atoms with Crippen molar-refractivity contribution in [1.29, 1.82) is 0 Å². The molecule has 0 N–H and O–H groups in total. The van der Waals surface area contributed by atoms with E-state index in [-0.39, 0.29) is 0 Å². The number of hydrogen-bond acceptors (Lipinski definition) is 6. The van der Waals surface area contributed by atoms with Gasteiger partial charge in [-0.2, -0.15) is 0 Å². The van der Waals surface area contributed by atoms with Crippen molar-refractivity contribution in [2.45, 2.75) is 0 Å². The minimum absolute atomic E-state index is 0.600. The molecule has 0 spiro atoms. The molecule has 104 heavy (non-hydrogen) atoms. The van der Waals surface area contributed by atoms with Crippen molar-refractivity contribution in [3.8, 4) is 102 Å². The zero-order valence-electron chi connectivity index (χ0n) is 56.2. The highest BCUT2D eigenvalue weighted by molar-refractivity contribution is 6.35. The summed E-state index contributed by atoms with van der Waals surface area (Å²) >= 11 is 0. The standard InChI is InChI=1S/C98H58N6/c1-2-26-61(27-3-1)93-99-94(66-49-48-59-24-4-5-28-62(59)55-66)101-97(100-93)84-44-20-15-39-76(84)88-58-90-73-36-11-9-34-71(73)86-56-64(51-53-81(86)92(90)80-43-19-14-38-75(80)88)63-50-52-68-65(54-63)30-23-47-83(68)96-102-95(82-46-22-29-60-25-6-7-31-67(60)82)103-98(104-96)85-45-21-16-40-77(85)87-57-89-72-35-10-8-32-69(72)70-33-12-17-41-78(70)91(89)79-42-18-13-37-74(79)87/h1-58H. The van der Waals surface area contributed by atoms with Crippen LogP contribution >= 0.6 is 0 Å². The van der Waals surface area contributed by atoms with Crippen LogP contribution in [0.25, 0.3) is 220 Å². The quantitative estimate of drug-likeness (QED) is 0.134. The minimum atomic E-state index is 0.600. The van der Waals surface area contributed by atoms with E-state index in [1.807, 2.05) is 18.2 Å². The molecule has 480 valence electrons. The van der Waals surface area contributed by atoms with E-state index >= 15 is 0 Å². The SMILES string of the molecule is c1ccc(-c2nc(-c3ccc4ccccc4c3)nc(-c3ccccc3-c3cc4c5ccccc5c5cc(-c6ccc7c(-c8nc(-c9ccccc9-c9cc%10c%11ccccc%11c%11ccccc%11c%10c%10ccccc9%10)nc(-c9cccc%10ccccc9%10)n8)cccc7c6)ccc5c4c4ccccc34)n2)cc1. The molecule has 0 aliphatic rings. The molecule has 0 amide bonds. The number of aromatic nitrogens is 6. The summed E-state index contributed by atoms with van der Waals surface area (Å²) in [5, 5.41) is 25.9. The lowest BCUT2D eigenvalue weighted by Gasteiger charge is -2.18. The maximum absolute atomic E-state index is 5.58. The lowest BCUT2D eigenvalue weighted by molar-refractivity contribution is 1.07. The Balaban J connectivity index is 0.702. The highest BCUT2D eigenvalue weighted by Crippen LogP contribution is 2.48. The van der Waals surface area contributed by atoms with Crippen molar-refractivity contribution in [3.05, 3.63) is 352 Å². The highest BCUT2D eigenvalue weighted by atomic mass is 15.0. The van der Waals surface area contributed by atoms with E-state index in [1.54, 1.807) is 0 Å². The summed E-state index contributed by atoms with van der Waals surface area (Å²) in [6.07, 6.45) is 0. The summed E-state index contributed by atoms with van der Waals surface area (Å²) in [6.45, 7) is 0. The lowest BCUT2D eigenvalue weighted by Crippen LogP contribution is -2.02. The van der Waals surface area contributed by atoms with Gasteiger partial charge in [-0.25, -0.2) is 29.9 Å². The summed E-state index contributed by atoms with van der Waals surface area (Å²) in [4.78, 5) is 32.4. The average Bonchev–Trinajstić information content (AvgIpc) is 0.721. The molecular weight excluding hydrogens is 1260 g/mol. The summed E-state index contributed by atoms with van der Waals surface area (Å²) < 4.78 is 0. The van der Waals surface area contributed by atoms with Gasteiger partial charge in [0.15, 0.2) is 34.9 Å². The van der Waals surface area contributed by atoms with Gasteiger partial charge in [0.05, 0.1) is 0 Å². The van der Waals surface area contributed by atoms with Gasteiger partial charge in [-0.15, -0.1) is 0 Å². The number of benzene rings is 19. The van der Waals surface area contributed by atoms with Crippen LogP contribution in [0.1, 0.15) is 0 Å². The first-order valence-corrected chi connectivity index (χ1v) is 35.4. The molecule has 21 aromatic rings. The van der Waals surface area contributed by atoms with E-state index in [0.29, 0.717) is 34.9 Å². The molecule has 2 heterocycles. The Bertz CT molecular complexity index is 7180. The molecule has 0 saturated heterocycles. The van der Waals surface area contributed by atoms with Crippen LogP contribution in [0, 0.1) is 0 Å². The van der Waals surface area contributed by atoms with Gasteiger partial charge < -0.3 is 0 Å². The van der Waals surface area contributed by atoms with Crippen molar-refractivity contribution in [2.75, 3.05) is 0 Å². The van der Waals surface area contributed by atoms with Crippen LogP contribution in [0.4, 0.5) is 0 Å². The van der Waals surface area contributed by atoms with Crippen molar-refractivity contribution >= 4 is 118 Å². The van der Waals surface area contributed by atoms with Gasteiger partial charge in [0.1, 0.15) is 0 Å². The molecule has 0 radical (unpaired) electrons. The summed E-state index contributed by atoms with van der Waals surface area (Å²) in [5.41, 5.74) is 12.1. The predicted molar refractivity (Wildman–Crippen MR) is 435 cm³/mol. The first-order valence-electron chi connectivity index (χ1n) is 35.4. The second kappa shape index (κ2) is 23.9. The molecule has 0 atom stereocenters. The smallest absolute Gasteiger partial charge is 0.164 e. The maximum Gasteiger partial charge on any atom is 0.164 e. The van der Waals surface area contributed by atoms with Crippen molar-refractivity contribution in [3.63, 3.8) is 0 Å². The zero-order valence-corrected chi connectivity index (χ0v) is 56.2. The van der Waals surface area contributed by atoms with Crippen molar-refractivity contribution in [1.82, 2.24) is 29.9 Å². The molecule has 0 aliphatic heterocycles. The summed E-state index contributed by atoms with van der Waals surface area (Å²) in [5.74, 6) is 3.67. The Morgan fingerprint density at radius 2 is 0.452 bits per heavy atom. The fourth-order valence-electron chi connectivity index (χ4n) is 16.5. The second-order valence-corrected chi connectivity index (χ2v) is 27.1. The van der Waals surface area contributed by atoms with Crippen LogP contribution in [0.15, 0.2) is 352 Å². The molecule has 19 aromatic carbocycles. The topological polar surface area (TPSA) is 77.3 Å². The third kappa shape index (κ3) is 9.57. The van der Waals surface area contributed by atoms with Gasteiger partial charge in [-0.05, 0) is 182 Å². The number of hydrogen-bond donors (Lipinski definition) is 0. The van der Waals surface area contributed by atoms with Gasteiger partial charge in [0, 0.05) is 33.4 Å². The Labute approximate surface area is 598 Å². The van der Waals surface area contributed by atoms with Gasteiger partial charge >= 0.3 is 0 Å². The van der Waals surface area contributed by atoms with Crippen LogP contribution in [0.3, 0.4) is 0 Å². The fraction of sp³-hybridized carbons (Fsp3) is 0. The molecule has 2 aromatic heterocycles. The van der Waals surface area contributed by atoms with Crippen LogP contribution in [-0.2, 0) is 0 Å². The van der Waals surface area contributed by atoms with E-state index in [1.165, 1.54) is 80.8 Å². The summed E-state index contributed by atoms with van der Waals surface area (Å²) in [6, 6.07) is 127. The fourth-order valence-corrected chi connectivity index (χ4v) is 16.5. The molecule has 0 aliphatic carbocycles. The molecule has 0 saturated carbocycles. The maximum atomic E-state index is 5.58. The van der Waals surface area contributed by atoms with E-state index in [9.17, 15) is 0 Å². The van der Waals surface area contributed by atoms with Gasteiger partial charge in [-0.3, -0.25) is 0 Å². The number of nitrogens with zero attached hydrogens (tertiary/aromatic N) is 6. The van der Waals surface area contributed by atoms with Crippen LogP contribution < -0.4 is 0 Å². The van der Waals surface area contributed by atoms with Gasteiger partial charge in [0.25, 0.3) is 0 Å². The second-order valence-electron chi connectivity index (χ2n) is 27.1. The third-order valence-corrected chi connectivity index (χ3v) is 21.3. The predicted octanol–water partition coefficient (Wildman–Crippen LogP) is 25.7. The molecule has 6 heteroatoms. The average molecular weight is 1320 g/mol. The Hall–Kier alpha value is -13.9. The van der Waals surface area contributed by atoms with Gasteiger partial charge in [0.2, 0.25) is 0 Å². The Morgan fingerprint density at radius 3 is 1.03 bits per heavy atom. The third-order valence-electron chi connectivity index (χ3n) is 21.3. The molecule has 21 rings (SSSR count). The van der Waals surface area contributed by atoms with Crippen LogP contribution in [0.5, 0.6) is 0 Å². The van der Waals surface area contributed by atoms with Crippen molar-refractivity contribution in [2.24, 2.45) is 0 Å². The monoisotopic (exact) mass is 1320 g/mol. The molecule has 0 unspecified atom stereocenters. The van der Waals surface area contributed by atoms with E-state index in [4.69, 9.17) is 29.9 Å². The normalized spacial score (nSPS) is 11.8. The lowest BCUT2D eigenvalue weighted by atomic mass is 9.85. The Kier molecular flexibility index (Phi) is 13.5. The molecule has 0 fully saturated rings. The molecule has 0 bridgehead atoms. The molecular formula is C98H58N6. The van der Waals surface area contributed by atoms with Crippen LogP contribution in [-0.4, -0.2) is 29.9 Å². The van der Waals surface area contributed by atoms with Crippen LogP contribution in [0.2, 0.25) is 0 Å².